The average molecular weight is 458 g/mol. The molecule has 33 heavy (non-hydrogen) atoms. The number of piperidine rings is 2. The summed E-state index contributed by atoms with van der Waals surface area (Å²) >= 11 is 0. The normalized spacial score (nSPS) is 25.1. The van der Waals surface area contributed by atoms with Crippen LogP contribution in [0.4, 0.5) is 4.79 Å². The maximum atomic E-state index is 13.1. The third-order valence-corrected chi connectivity index (χ3v) is 6.71. The highest BCUT2D eigenvalue weighted by molar-refractivity contribution is 6.05. The molecular formula is C24H31N3O6. The summed E-state index contributed by atoms with van der Waals surface area (Å²) in [5.41, 5.74) is 0.242. The zero-order valence-electron chi connectivity index (χ0n) is 19.5. The van der Waals surface area contributed by atoms with E-state index < -0.39 is 29.2 Å². The van der Waals surface area contributed by atoms with Gasteiger partial charge in [-0.2, -0.15) is 0 Å². The Morgan fingerprint density at radius 2 is 1.85 bits per heavy atom. The lowest BCUT2D eigenvalue weighted by Crippen LogP contribution is -2.53. The highest BCUT2D eigenvalue weighted by Gasteiger charge is 2.44. The zero-order valence-corrected chi connectivity index (χ0v) is 19.5. The lowest BCUT2D eigenvalue weighted by atomic mass is 9.83. The van der Waals surface area contributed by atoms with Gasteiger partial charge in [-0.05, 0) is 64.2 Å². The van der Waals surface area contributed by atoms with Crippen LogP contribution in [0.3, 0.4) is 0 Å². The molecule has 1 aromatic rings. The topological polar surface area (TPSA) is 116 Å². The fourth-order valence-electron chi connectivity index (χ4n) is 4.89. The fraction of sp³-hybridized carbons (Fsp3) is 0.583. The highest BCUT2D eigenvalue weighted by atomic mass is 16.6. The molecule has 1 aromatic carbocycles. The number of carbonyl (C=O) groups is 4. The van der Waals surface area contributed by atoms with Crippen molar-refractivity contribution in [3.8, 4) is 0 Å². The van der Waals surface area contributed by atoms with Crippen LogP contribution >= 0.6 is 0 Å². The molecule has 0 spiro atoms. The molecule has 0 saturated carbocycles. The first kappa shape index (κ1) is 23.2. The summed E-state index contributed by atoms with van der Waals surface area (Å²) in [6, 6.07) is 4.24. The van der Waals surface area contributed by atoms with Gasteiger partial charge < -0.3 is 19.6 Å². The number of likely N-dealkylation sites (tertiary alicyclic amines) is 1. The standard InChI is InChI=1S/C24H31N3O6/c1-14-17-13-15(24(32)9-11-26(12-10-24)22(31)33-23(2,3)4)5-6-16(17)21(30)27(14)18-7-8-19(28)25-20(18)29/h5-6,13-14,18,32H,7-12H2,1-4H3,(H,25,28,29). The van der Waals surface area contributed by atoms with E-state index in [4.69, 9.17) is 4.74 Å². The fourth-order valence-corrected chi connectivity index (χ4v) is 4.89. The molecule has 178 valence electrons. The summed E-state index contributed by atoms with van der Waals surface area (Å²) in [4.78, 5) is 52.4. The van der Waals surface area contributed by atoms with Crippen LogP contribution in [-0.2, 0) is 19.9 Å². The van der Waals surface area contributed by atoms with E-state index in [1.807, 2.05) is 33.8 Å². The molecule has 3 aliphatic rings. The molecule has 9 heteroatoms. The van der Waals surface area contributed by atoms with Gasteiger partial charge in [0.1, 0.15) is 11.6 Å². The largest absolute Gasteiger partial charge is 0.444 e. The minimum Gasteiger partial charge on any atom is -0.444 e. The minimum atomic E-state index is -1.13. The Labute approximate surface area is 193 Å². The number of benzene rings is 1. The van der Waals surface area contributed by atoms with E-state index in [0.717, 1.165) is 5.56 Å². The maximum Gasteiger partial charge on any atom is 0.410 e. The Morgan fingerprint density at radius 3 is 2.45 bits per heavy atom. The van der Waals surface area contributed by atoms with Gasteiger partial charge in [0.15, 0.2) is 0 Å². The number of rotatable bonds is 2. The van der Waals surface area contributed by atoms with Crippen molar-refractivity contribution >= 4 is 23.8 Å². The monoisotopic (exact) mass is 457 g/mol. The molecule has 2 N–H and O–H groups in total. The summed E-state index contributed by atoms with van der Waals surface area (Å²) < 4.78 is 5.43. The quantitative estimate of drug-likeness (QED) is 0.658. The van der Waals surface area contributed by atoms with Crippen molar-refractivity contribution in [1.82, 2.24) is 15.1 Å². The van der Waals surface area contributed by atoms with Crippen molar-refractivity contribution in [3.05, 3.63) is 34.9 Å². The predicted molar refractivity (Wildman–Crippen MR) is 118 cm³/mol. The number of imide groups is 1. The van der Waals surface area contributed by atoms with E-state index in [0.29, 0.717) is 43.5 Å². The minimum absolute atomic E-state index is 0.197. The van der Waals surface area contributed by atoms with Crippen LogP contribution < -0.4 is 5.32 Å². The molecule has 4 amide bonds. The molecule has 4 rings (SSSR count). The summed E-state index contributed by atoms with van der Waals surface area (Å²) in [6.45, 7) is 8.02. The van der Waals surface area contributed by atoms with Gasteiger partial charge in [0, 0.05) is 25.1 Å². The SMILES string of the molecule is CC1c2cc(C3(O)CCN(C(=O)OC(C)(C)C)CC3)ccc2C(=O)N1C1CCC(=O)NC1=O. The summed E-state index contributed by atoms with van der Waals surface area (Å²) in [5, 5.41) is 13.7. The zero-order chi connectivity index (χ0) is 24.1. The lowest BCUT2D eigenvalue weighted by molar-refractivity contribution is -0.137. The van der Waals surface area contributed by atoms with Crippen LogP contribution in [0.5, 0.6) is 0 Å². The number of fused-ring (bicyclic) bond motifs is 1. The van der Waals surface area contributed by atoms with Crippen LogP contribution in [0.25, 0.3) is 0 Å². The lowest BCUT2D eigenvalue weighted by Gasteiger charge is -2.39. The van der Waals surface area contributed by atoms with Gasteiger partial charge in [-0.1, -0.05) is 12.1 Å². The van der Waals surface area contributed by atoms with Gasteiger partial charge in [0.25, 0.3) is 5.91 Å². The van der Waals surface area contributed by atoms with Crippen molar-refractivity contribution in [2.24, 2.45) is 0 Å². The van der Waals surface area contributed by atoms with Gasteiger partial charge in [-0.3, -0.25) is 19.7 Å². The van der Waals surface area contributed by atoms with Crippen LogP contribution in [0.1, 0.15) is 80.9 Å². The molecule has 0 aromatic heterocycles. The van der Waals surface area contributed by atoms with Crippen molar-refractivity contribution < 1.29 is 29.0 Å². The molecular weight excluding hydrogens is 426 g/mol. The molecule has 2 unspecified atom stereocenters. The first-order valence-corrected chi connectivity index (χ1v) is 11.4. The van der Waals surface area contributed by atoms with Crippen LogP contribution in [0, 0.1) is 0 Å². The predicted octanol–water partition coefficient (Wildman–Crippen LogP) is 2.23. The Kier molecular flexibility index (Phi) is 5.72. The Bertz CT molecular complexity index is 1010. The number of aliphatic hydroxyl groups is 1. The Morgan fingerprint density at radius 1 is 1.18 bits per heavy atom. The molecule has 3 aliphatic heterocycles. The second-order valence-corrected chi connectivity index (χ2v) is 10.2. The van der Waals surface area contributed by atoms with E-state index in [1.54, 1.807) is 17.0 Å². The molecule has 0 bridgehead atoms. The number of ether oxygens (including phenoxy) is 1. The van der Waals surface area contributed by atoms with Gasteiger partial charge in [0.2, 0.25) is 11.8 Å². The molecule has 3 heterocycles. The first-order chi connectivity index (χ1) is 15.4. The van der Waals surface area contributed by atoms with Crippen molar-refractivity contribution in [2.45, 2.75) is 76.7 Å². The molecule has 0 radical (unpaired) electrons. The Hall–Kier alpha value is -2.94. The summed E-state index contributed by atoms with van der Waals surface area (Å²) in [5.74, 6) is -1.02. The van der Waals surface area contributed by atoms with E-state index in [2.05, 4.69) is 5.32 Å². The van der Waals surface area contributed by atoms with Gasteiger partial charge in [-0.15, -0.1) is 0 Å². The number of carbonyl (C=O) groups excluding carboxylic acids is 4. The van der Waals surface area contributed by atoms with E-state index in [-0.39, 0.29) is 24.3 Å². The van der Waals surface area contributed by atoms with E-state index in [1.165, 1.54) is 4.90 Å². The maximum absolute atomic E-state index is 13.1. The molecule has 0 aliphatic carbocycles. The second kappa shape index (κ2) is 8.13. The van der Waals surface area contributed by atoms with Crippen LogP contribution in [0.2, 0.25) is 0 Å². The van der Waals surface area contributed by atoms with E-state index >= 15 is 0 Å². The molecule has 2 saturated heterocycles. The molecule has 2 atom stereocenters. The number of hydrogen-bond donors (Lipinski definition) is 2. The van der Waals surface area contributed by atoms with E-state index in [9.17, 15) is 24.3 Å². The number of nitrogens with one attached hydrogen (secondary N) is 1. The van der Waals surface area contributed by atoms with Gasteiger partial charge >= 0.3 is 6.09 Å². The van der Waals surface area contributed by atoms with Gasteiger partial charge in [0.05, 0.1) is 11.6 Å². The van der Waals surface area contributed by atoms with Gasteiger partial charge in [-0.25, -0.2) is 4.79 Å². The van der Waals surface area contributed by atoms with Crippen molar-refractivity contribution in [2.75, 3.05) is 13.1 Å². The smallest absolute Gasteiger partial charge is 0.410 e. The third-order valence-electron chi connectivity index (χ3n) is 6.71. The first-order valence-electron chi connectivity index (χ1n) is 11.4. The molecule has 2 fully saturated rings. The second-order valence-electron chi connectivity index (χ2n) is 10.2. The van der Waals surface area contributed by atoms with Crippen LogP contribution in [-0.4, -0.2) is 63.5 Å². The number of hydrogen-bond acceptors (Lipinski definition) is 6. The van der Waals surface area contributed by atoms with Crippen molar-refractivity contribution in [1.29, 1.82) is 0 Å². The highest BCUT2D eigenvalue weighted by Crippen LogP contribution is 2.41. The summed E-state index contributed by atoms with van der Waals surface area (Å²) in [6.07, 6.45) is 0.806. The molecule has 9 nitrogen and oxygen atoms in total. The Balaban J connectivity index is 1.50. The van der Waals surface area contributed by atoms with Crippen molar-refractivity contribution in [3.63, 3.8) is 0 Å². The summed E-state index contributed by atoms with van der Waals surface area (Å²) in [7, 11) is 0. The van der Waals surface area contributed by atoms with Crippen LogP contribution in [0.15, 0.2) is 18.2 Å². The number of nitrogens with zero attached hydrogens (tertiary/aromatic N) is 2. The number of amides is 4. The average Bonchev–Trinajstić information content (AvgIpc) is 2.97. The third kappa shape index (κ3) is 4.34.